The van der Waals surface area contributed by atoms with E-state index >= 15 is 0 Å². The average Bonchev–Trinajstić information content (AvgIpc) is 2.93. The van der Waals surface area contributed by atoms with E-state index in [0.29, 0.717) is 25.6 Å². The summed E-state index contributed by atoms with van der Waals surface area (Å²) in [6.45, 7) is 12.9. The highest BCUT2D eigenvalue weighted by Crippen LogP contribution is 1.70. The van der Waals surface area contributed by atoms with Crippen molar-refractivity contribution in [2.75, 3.05) is 32.7 Å². The van der Waals surface area contributed by atoms with Crippen LogP contribution in [-0.2, 0) is 0 Å². The Kier molecular flexibility index (Phi) is 42.6. The number of hydrogen-bond acceptors (Lipinski definition) is 13. The van der Waals surface area contributed by atoms with Crippen molar-refractivity contribution in [3.8, 4) is 0 Å². The Hall–Kier alpha value is -4.45. The molecule has 0 aliphatic carbocycles. The van der Waals surface area contributed by atoms with Gasteiger partial charge in [0.25, 0.3) is 0 Å². The van der Waals surface area contributed by atoms with Crippen LogP contribution in [0, 0.1) is 0 Å². The number of nitrogens with two attached hydrogens (primary N) is 11. The number of hydrazine groups is 5. The molecule has 0 aromatic carbocycles. The predicted molar refractivity (Wildman–Crippen MR) is 157 cm³/mol. The summed E-state index contributed by atoms with van der Waals surface area (Å²) in [6, 6.07) is 0. The van der Waals surface area contributed by atoms with Crippen LogP contribution >= 0.6 is 0 Å². The minimum Gasteiger partial charge on any atom is -0.369 e. The van der Waals surface area contributed by atoms with Gasteiger partial charge in [0, 0.05) is 32.7 Å². The third kappa shape index (κ3) is 45.1. The third-order valence-corrected chi connectivity index (χ3v) is 2.73. The Morgan fingerprint density at radius 3 is 1.42 bits per heavy atom. The van der Waals surface area contributed by atoms with Gasteiger partial charge in [0.05, 0.1) is 0 Å². The van der Waals surface area contributed by atoms with Gasteiger partial charge in [-0.05, 0) is 27.7 Å². The van der Waals surface area contributed by atoms with Crippen LogP contribution in [0.2, 0.25) is 0 Å². The quantitative estimate of drug-likeness (QED) is 0.0599. The zero-order valence-corrected chi connectivity index (χ0v) is 23.1. The molecule has 0 aliphatic heterocycles. The maximum absolute atomic E-state index is 5.22. The Morgan fingerprint density at radius 2 is 1.24 bits per heavy atom. The highest BCUT2D eigenvalue weighted by Gasteiger charge is 1.94. The molecule has 0 radical (unpaired) electrons. The fraction of sp³-hybridized carbons (Fsp3) is 0.667. The summed E-state index contributed by atoms with van der Waals surface area (Å²) in [5.41, 5.74) is 39.8. The minimum absolute atomic E-state index is 0.0712. The summed E-state index contributed by atoms with van der Waals surface area (Å²) >= 11 is 0. The highest BCUT2D eigenvalue weighted by atomic mass is 15.5. The van der Waals surface area contributed by atoms with Crippen molar-refractivity contribution in [3.63, 3.8) is 0 Å². The van der Waals surface area contributed by atoms with Crippen molar-refractivity contribution >= 4 is 29.8 Å². The van der Waals surface area contributed by atoms with Crippen molar-refractivity contribution < 1.29 is 0 Å². The molecule has 0 atom stereocenters. The molecule has 38 heavy (non-hydrogen) atoms. The molecule has 0 aliphatic rings. The third-order valence-electron chi connectivity index (χ3n) is 2.73. The topological polar surface area (TPSA) is 423 Å². The van der Waals surface area contributed by atoms with E-state index in [-0.39, 0.29) is 23.8 Å². The summed E-state index contributed by atoms with van der Waals surface area (Å²) in [6.07, 6.45) is 0. The molecule has 0 spiro atoms. The second-order valence-corrected chi connectivity index (χ2v) is 5.61. The van der Waals surface area contributed by atoms with Gasteiger partial charge in [-0.25, -0.2) is 28.8 Å². The fourth-order valence-electron chi connectivity index (χ4n) is 1.12. The van der Waals surface area contributed by atoms with Crippen LogP contribution < -0.4 is 96.3 Å². The molecule has 28 N–H and O–H groups in total. The van der Waals surface area contributed by atoms with Gasteiger partial charge in [0.2, 0.25) is 29.8 Å². The molecule has 0 fully saturated rings. The normalized spacial score (nSPS) is 9.97. The van der Waals surface area contributed by atoms with Crippen LogP contribution in [0.3, 0.4) is 0 Å². The minimum atomic E-state index is 0.0712. The van der Waals surface area contributed by atoms with E-state index in [2.05, 4.69) is 57.8 Å². The number of rotatable bonds is 7. The van der Waals surface area contributed by atoms with E-state index < -0.39 is 0 Å². The molecule has 23 heteroatoms. The number of guanidine groups is 5. The Labute approximate surface area is 224 Å². The number of hydrogen-bond donors (Lipinski definition) is 17. The van der Waals surface area contributed by atoms with Gasteiger partial charge in [-0.15, -0.1) is 15.3 Å². The van der Waals surface area contributed by atoms with Crippen molar-refractivity contribution in [1.82, 2.24) is 37.6 Å². The van der Waals surface area contributed by atoms with Crippen LogP contribution in [0.1, 0.15) is 34.6 Å². The fourth-order valence-corrected chi connectivity index (χ4v) is 1.12. The second-order valence-electron chi connectivity index (χ2n) is 5.61. The Balaban J connectivity index is -0.000000120. The van der Waals surface area contributed by atoms with Gasteiger partial charge in [0.1, 0.15) is 0 Å². The first kappa shape index (κ1) is 43.6. The molecule has 0 saturated heterocycles. The summed E-state index contributed by atoms with van der Waals surface area (Å²) in [5.74, 6) is 30.6. The van der Waals surface area contributed by atoms with Crippen LogP contribution in [0.5, 0.6) is 0 Å². The van der Waals surface area contributed by atoms with E-state index in [0.717, 1.165) is 13.1 Å². The SMILES string of the molecule is CCN(N)C(N)=NN.CCN=C(N)NN.CCN=C(NN)NN.CCNN/C(N)=N\N.CCNN=C(N)N. The van der Waals surface area contributed by atoms with E-state index in [4.69, 9.17) is 63.7 Å². The van der Waals surface area contributed by atoms with Crippen LogP contribution in [0.25, 0.3) is 0 Å². The first-order chi connectivity index (χ1) is 18.0. The van der Waals surface area contributed by atoms with E-state index in [1.807, 2.05) is 34.6 Å². The molecule has 0 saturated carbocycles. The zero-order chi connectivity index (χ0) is 30.8. The lowest BCUT2D eigenvalue weighted by Crippen LogP contribution is -2.45. The predicted octanol–water partition coefficient (Wildman–Crippen LogP) is -7.48. The van der Waals surface area contributed by atoms with Crippen molar-refractivity contribution in [1.29, 1.82) is 0 Å². The molecule has 0 aromatic rings. The zero-order valence-electron chi connectivity index (χ0n) is 23.1. The largest absolute Gasteiger partial charge is 0.369 e. The summed E-state index contributed by atoms with van der Waals surface area (Å²) in [7, 11) is 0. The first-order valence-corrected chi connectivity index (χ1v) is 11.1. The van der Waals surface area contributed by atoms with E-state index in [9.17, 15) is 0 Å². The molecule has 228 valence electrons. The molecule has 0 heterocycles. The molecule has 0 amide bonds. The van der Waals surface area contributed by atoms with Crippen molar-refractivity contribution in [2.24, 2.45) is 89.0 Å². The van der Waals surface area contributed by atoms with Crippen LogP contribution in [0.4, 0.5) is 0 Å². The maximum Gasteiger partial charge on any atom is 0.227 e. The van der Waals surface area contributed by atoms with Gasteiger partial charge in [-0.1, -0.05) is 6.92 Å². The number of hydrazone groups is 3. The number of nitrogens with zero attached hydrogens (tertiary/aromatic N) is 6. The van der Waals surface area contributed by atoms with Gasteiger partial charge >= 0.3 is 0 Å². The Morgan fingerprint density at radius 1 is 0.711 bits per heavy atom. The lowest BCUT2D eigenvalue weighted by Gasteiger charge is -2.12. The van der Waals surface area contributed by atoms with Gasteiger partial charge in [0.15, 0.2) is 0 Å². The first-order valence-electron chi connectivity index (χ1n) is 11.1. The molecular formula is C15H53N23. The van der Waals surface area contributed by atoms with Crippen LogP contribution in [-0.4, -0.2) is 67.5 Å². The van der Waals surface area contributed by atoms with Crippen molar-refractivity contribution in [2.45, 2.75) is 34.6 Å². The smallest absolute Gasteiger partial charge is 0.227 e. The molecular weight excluding hydrogens is 502 g/mol. The lowest BCUT2D eigenvalue weighted by molar-refractivity contribution is 0.458. The summed E-state index contributed by atoms with van der Waals surface area (Å²) < 4.78 is 0. The lowest BCUT2D eigenvalue weighted by atomic mass is 10.7. The molecule has 0 rings (SSSR count). The monoisotopic (exact) mass is 555 g/mol. The maximum atomic E-state index is 5.22. The van der Waals surface area contributed by atoms with Gasteiger partial charge in [-0.2, -0.15) is 0 Å². The molecule has 0 aromatic heterocycles. The van der Waals surface area contributed by atoms with Crippen molar-refractivity contribution in [3.05, 3.63) is 0 Å². The Bertz CT molecular complexity index is 618. The second kappa shape index (κ2) is 37.1. The van der Waals surface area contributed by atoms with E-state index in [1.165, 1.54) is 5.01 Å². The number of nitrogens with one attached hydrogen (secondary N) is 6. The summed E-state index contributed by atoms with van der Waals surface area (Å²) in [4.78, 5) is 7.51. The highest BCUT2D eigenvalue weighted by molar-refractivity contribution is 5.78. The van der Waals surface area contributed by atoms with Gasteiger partial charge < -0.3 is 45.8 Å². The summed E-state index contributed by atoms with van der Waals surface area (Å²) in [5, 5.41) is 11.0. The van der Waals surface area contributed by atoms with Crippen LogP contribution in [0.15, 0.2) is 25.3 Å². The van der Waals surface area contributed by atoms with Gasteiger partial charge in [-0.3, -0.25) is 36.7 Å². The standard InChI is InChI=1S/3C3H11N5.2C3H10N4/c1-2-6-3(7-4)8-5;1-2-8(6)3(4)7-5;1-2-6-8-3(4)7-5;1-2-6-3(4)7-5;1-2-6-7-3(4)5/h2,4-5H2,1H3,(H2,6,7,8);2,5-6H2,1H3,(H2,4,7);6H,2,5H2,1H3,(H3,4,7,8);2,5H2,1H3,(H3,4,6,7);6H,2H2,1H3,(H4,4,5,7). The van der Waals surface area contributed by atoms with E-state index in [1.54, 1.807) is 0 Å². The molecule has 0 unspecified atom stereocenters. The number of aliphatic imine (C=N–C) groups is 2. The molecule has 23 nitrogen and oxygen atoms in total. The average molecular weight is 556 g/mol. The molecule has 0 bridgehead atoms.